The predicted molar refractivity (Wildman–Crippen MR) is 86.8 cm³/mol. The molecular formula is C16H23N3O6. The highest BCUT2D eigenvalue weighted by Crippen LogP contribution is 2.24. The molecule has 0 bridgehead atoms. The second-order valence-corrected chi connectivity index (χ2v) is 6.05. The maximum absolute atomic E-state index is 12.8. The van der Waals surface area contributed by atoms with Crippen molar-refractivity contribution < 1.29 is 28.9 Å². The number of methoxy groups -OCH3 is 2. The summed E-state index contributed by atoms with van der Waals surface area (Å²) in [7, 11) is 2.89. The fourth-order valence-electron chi connectivity index (χ4n) is 2.68. The number of hydrogen-bond acceptors (Lipinski definition) is 7. The summed E-state index contributed by atoms with van der Waals surface area (Å²) in [4.78, 5) is 33.7. The lowest BCUT2D eigenvalue weighted by atomic mass is 10.1. The highest BCUT2D eigenvalue weighted by atomic mass is 16.5. The number of amides is 1. The molecular weight excluding hydrogens is 330 g/mol. The van der Waals surface area contributed by atoms with Crippen molar-refractivity contribution in [2.45, 2.75) is 38.8 Å². The highest BCUT2D eigenvalue weighted by Gasteiger charge is 2.39. The lowest BCUT2D eigenvalue weighted by Crippen LogP contribution is -2.49. The second-order valence-electron chi connectivity index (χ2n) is 6.05. The van der Waals surface area contributed by atoms with Crippen molar-refractivity contribution in [3.05, 3.63) is 6.07 Å². The van der Waals surface area contributed by atoms with Crippen LogP contribution < -0.4 is 14.2 Å². The first-order valence-electron chi connectivity index (χ1n) is 8.04. The molecule has 2 heterocycles. The van der Waals surface area contributed by atoms with Gasteiger partial charge in [0.1, 0.15) is 6.04 Å². The molecule has 1 unspecified atom stereocenters. The van der Waals surface area contributed by atoms with Crippen molar-refractivity contribution in [3.8, 4) is 17.8 Å². The van der Waals surface area contributed by atoms with Crippen LogP contribution in [0.15, 0.2) is 6.07 Å². The molecule has 0 saturated carbocycles. The van der Waals surface area contributed by atoms with Crippen molar-refractivity contribution in [2.75, 3.05) is 20.8 Å². The minimum Gasteiger partial charge on any atom is -0.481 e. The minimum absolute atomic E-state index is 0.0608. The number of ether oxygens (including phenoxy) is 3. The van der Waals surface area contributed by atoms with Crippen molar-refractivity contribution >= 4 is 11.9 Å². The lowest BCUT2D eigenvalue weighted by Gasteiger charge is -2.28. The largest absolute Gasteiger partial charge is 0.481 e. The predicted octanol–water partition coefficient (Wildman–Crippen LogP) is 0.973. The van der Waals surface area contributed by atoms with E-state index in [1.807, 2.05) is 13.8 Å². The molecule has 0 spiro atoms. The Balaban J connectivity index is 2.24. The molecule has 1 fully saturated rings. The summed E-state index contributed by atoms with van der Waals surface area (Å²) in [5.74, 6) is -1.12. The molecule has 1 amide bonds. The number of aliphatic carboxylic acids is 1. The van der Waals surface area contributed by atoms with E-state index in [0.29, 0.717) is 19.4 Å². The second kappa shape index (κ2) is 8.00. The van der Waals surface area contributed by atoms with Gasteiger partial charge in [-0.3, -0.25) is 4.79 Å². The SMILES string of the molecule is COc1cc(OC)nc(OC(C(=O)N2CCC[C@H]2C(=O)O)C(C)C)n1. The molecule has 1 aliphatic rings. The molecule has 1 aromatic heterocycles. The van der Waals surface area contributed by atoms with Gasteiger partial charge >= 0.3 is 12.0 Å². The molecule has 138 valence electrons. The Morgan fingerprint density at radius 1 is 1.24 bits per heavy atom. The van der Waals surface area contributed by atoms with Gasteiger partial charge in [0.05, 0.1) is 20.3 Å². The Bertz CT molecular complexity index is 614. The lowest BCUT2D eigenvalue weighted by molar-refractivity contribution is -0.152. The number of carbonyl (C=O) groups excluding carboxylic acids is 1. The number of hydrogen-bond donors (Lipinski definition) is 1. The Labute approximate surface area is 145 Å². The Kier molecular flexibility index (Phi) is 6.00. The zero-order chi connectivity index (χ0) is 18.6. The molecule has 1 aromatic rings. The van der Waals surface area contributed by atoms with Gasteiger partial charge in [-0.2, -0.15) is 9.97 Å². The Morgan fingerprint density at radius 3 is 2.32 bits per heavy atom. The number of aromatic nitrogens is 2. The van der Waals surface area contributed by atoms with E-state index in [2.05, 4.69) is 9.97 Å². The van der Waals surface area contributed by atoms with Gasteiger partial charge in [0, 0.05) is 6.54 Å². The van der Waals surface area contributed by atoms with Crippen LogP contribution >= 0.6 is 0 Å². The summed E-state index contributed by atoms with van der Waals surface area (Å²) in [6, 6.07) is 0.604. The summed E-state index contributed by atoms with van der Waals surface area (Å²) in [6.07, 6.45) is 0.184. The van der Waals surface area contributed by atoms with Crippen molar-refractivity contribution in [1.82, 2.24) is 14.9 Å². The molecule has 9 nitrogen and oxygen atoms in total. The van der Waals surface area contributed by atoms with E-state index < -0.39 is 18.1 Å². The van der Waals surface area contributed by atoms with Gasteiger partial charge in [0.15, 0.2) is 6.10 Å². The zero-order valence-electron chi connectivity index (χ0n) is 14.8. The number of rotatable bonds is 7. The summed E-state index contributed by atoms with van der Waals surface area (Å²) in [5.41, 5.74) is 0. The fourth-order valence-corrected chi connectivity index (χ4v) is 2.68. The molecule has 25 heavy (non-hydrogen) atoms. The van der Waals surface area contributed by atoms with Gasteiger partial charge in [-0.15, -0.1) is 0 Å². The van der Waals surface area contributed by atoms with Gasteiger partial charge in [0.25, 0.3) is 5.91 Å². The maximum Gasteiger partial charge on any atom is 0.326 e. The number of carboxylic acids is 1. The van der Waals surface area contributed by atoms with Crippen LogP contribution in [-0.4, -0.2) is 64.8 Å². The molecule has 1 saturated heterocycles. The van der Waals surface area contributed by atoms with Gasteiger partial charge < -0.3 is 24.2 Å². The van der Waals surface area contributed by atoms with Gasteiger partial charge in [-0.25, -0.2) is 4.79 Å². The minimum atomic E-state index is -1.01. The van der Waals surface area contributed by atoms with Crippen molar-refractivity contribution in [1.29, 1.82) is 0 Å². The smallest absolute Gasteiger partial charge is 0.326 e. The Morgan fingerprint density at radius 2 is 1.84 bits per heavy atom. The maximum atomic E-state index is 12.8. The third kappa shape index (κ3) is 4.28. The topological polar surface area (TPSA) is 111 Å². The van der Waals surface area contributed by atoms with Crippen LogP contribution in [0.25, 0.3) is 0 Å². The molecule has 1 aliphatic heterocycles. The average molecular weight is 353 g/mol. The highest BCUT2D eigenvalue weighted by molar-refractivity contribution is 5.87. The van der Waals surface area contributed by atoms with Crippen LogP contribution in [0.1, 0.15) is 26.7 Å². The van der Waals surface area contributed by atoms with Gasteiger partial charge in [-0.05, 0) is 18.8 Å². The van der Waals surface area contributed by atoms with Crippen LogP contribution in [-0.2, 0) is 9.59 Å². The molecule has 0 aromatic carbocycles. The van der Waals surface area contributed by atoms with E-state index in [0.717, 1.165) is 0 Å². The number of likely N-dealkylation sites (tertiary alicyclic amines) is 1. The molecule has 0 aliphatic carbocycles. The molecule has 0 radical (unpaired) electrons. The van der Waals surface area contributed by atoms with E-state index in [1.54, 1.807) is 0 Å². The van der Waals surface area contributed by atoms with Crippen molar-refractivity contribution in [2.24, 2.45) is 5.92 Å². The average Bonchev–Trinajstić information content (AvgIpc) is 3.08. The van der Waals surface area contributed by atoms with Crippen LogP contribution in [0, 0.1) is 5.92 Å². The molecule has 2 atom stereocenters. The first kappa shape index (κ1) is 18.8. The number of carbonyl (C=O) groups is 2. The van der Waals surface area contributed by atoms with E-state index >= 15 is 0 Å². The monoisotopic (exact) mass is 353 g/mol. The summed E-state index contributed by atoms with van der Waals surface area (Å²) in [5, 5.41) is 9.29. The molecule has 9 heteroatoms. The number of carboxylic acid groups (broad SMARTS) is 1. The first-order valence-corrected chi connectivity index (χ1v) is 8.04. The van der Waals surface area contributed by atoms with Gasteiger partial charge in [-0.1, -0.05) is 13.8 Å². The summed E-state index contributed by atoms with van der Waals surface area (Å²) < 4.78 is 15.8. The Hall–Kier alpha value is -2.58. The normalized spacial score (nSPS) is 18.1. The van der Waals surface area contributed by atoms with E-state index in [-0.39, 0.29) is 29.6 Å². The summed E-state index contributed by atoms with van der Waals surface area (Å²) in [6.45, 7) is 4.02. The van der Waals surface area contributed by atoms with Gasteiger partial charge in [0.2, 0.25) is 11.8 Å². The third-order valence-electron chi connectivity index (χ3n) is 3.98. The fraction of sp³-hybridized carbons (Fsp3) is 0.625. The molecule has 2 rings (SSSR count). The van der Waals surface area contributed by atoms with Crippen LogP contribution in [0.2, 0.25) is 0 Å². The van der Waals surface area contributed by atoms with E-state index in [9.17, 15) is 14.7 Å². The first-order chi connectivity index (χ1) is 11.9. The van der Waals surface area contributed by atoms with Crippen LogP contribution in [0.3, 0.4) is 0 Å². The zero-order valence-corrected chi connectivity index (χ0v) is 14.8. The summed E-state index contributed by atoms with van der Waals surface area (Å²) >= 11 is 0. The van der Waals surface area contributed by atoms with E-state index in [1.165, 1.54) is 25.2 Å². The standard InChI is InChI=1S/C16H23N3O6/c1-9(2)13(14(20)19-7-5-6-10(19)15(21)22)25-16-17-11(23-3)8-12(18-16)24-4/h8-10,13H,5-7H2,1-4H3,(H,21,22)/t10-,13?/m0/s1. The van der Waals surface area contributed by atoms with Crippen LogP contribution in [0.5, 0.6) is 17.8 Å². The quantitative estimate of drug-likeness (QED) is 0.772. The number of nitrogens with zero attached hydrogens (tertiary/aromatic N) is 3. The van der Waals surface area contributed by atoms with Crippen LogP contribution in [0.4, 0.5) is 0 Å². The van der Waals surface area contributed by atoms with E-state index in [4.69, 9.17) is 14.2 Å². The molecule has 1 N–H and O–H groups in total. The third-order valence-corrected chi connectivity index (χ3v) is 3.98. The van der Waals surface area contributed by atoms with Crippen molar-refractivity contribution in [3.63, 3.8) is 0 Å².